The van der Waals surface area contributed by atoms with Crippen molar-refractivity contribution in [3.05, 3.63) is 47.5 Å². The van der Waals surface area contributed by atoms with E-state index in [0.717, 1.165) is 5.56 Å². The molecular weight excluding hydrogens is 414 g/mol. The van der Waals surface area contributed by atoms with E-state index in [1.54, 1.807) is 20.3 Å². The van der Waals surface area contributed by atoms with Crippen molar-refractivity contribution in [2.24, 2.45) is 5.16 Å². The molecule has 0 atom stereocenters. The van der Waals surface area contributed by atoms with Gasteiger partial charge in [0.2, 0.25) is 0 Å². The Bertz CT molecular complexity index is 892. The van der Waals surface area contributed by atoms with E-state index in [0.29, 0.717) is 30.0 Å². The highest BCUT2D eigenvalue weighted by molar-refractivity contribution is 5.81. The molecule has 0 saturated heterocycles. The molecule has 0 bridgehead atoms. The molecule has 1 N–H and O–H groups in total. The van der Waals surface area contributed by atoms with Gasteiger partial charge >= 0.3 is 6.61 Å². The number of nitrogens with zero attached hydrogens (tertiary/aromatic N) is 1. The minimum atomic E-state index is -2.96. The minimum absolute atomic E-state index is 0.0931. The molecule has 1 amide bonds. The topological polar surface area (TPSA) is 87.6 Å². The quantitative estimate of drug-likeness (QED) is 0.405. The summed E-state index contributed by atoms with van der Waals surface area (Å²) in [5, 5.41) is 6.42. The number of halogens is 2. The maximum Gasteiger partial charge on any atom is 0.387 e. The molecule has 10 heteroatoms. The van der Waals surface area contributed by atoms with E-state index in [2.05, 4.69) is 15.2 Å². The summed E-state index contributed by atoms with van der Waals surface area (Å²) in [5.74, 6) is 0.947. The molecule has 0 aliphatic heterocycles. The first-order chi connectivity index (χ1) is 15.0. The van der Waals surface area contributed by atoms with Crippen LogP contribution >= 0.6 is 0 Å². The number of hydrogen-bond donors (Lipinski definition) is 1. The van der Waals surface area contributed by atoms with Crippen LogP contribution in [0.3, 0.4) is 0 Å². The average molecular weight is 438 g/mol. The van der Waals surface area contributed by atoms with Crippen molar-refractivity contribution in [3.8, 4) is 23.0 Å². The van der Waals surface area contributed by atoms with Gasteiger partial charge in [0.15, 0.2) is 29.6 Å². The van der Waals surface area contributed by atoms with Gasteiger partial charge in [-0.05, 0) is 42.3 Å². The predicted octanol–water partition coefficient (Wildman–Crippen LogP) is 3.02. The standard InChI is InChI=1S/C21H24F2N2O6/c1-27-16-6-4-14(10-18(16)28-2)8-9-24-20(26)13-30-25-12-15-5-7-17(31-21(22)23)19(11-15)29-3/h4-7,10-12,21H,8-9,13H2,1-3H3,(H,24,26)/b25-12+. The van der Waals surface area contributed by atoms with Crippen molar-refractivity contribution in [3.63, 3.8) is 0 Å². The number of amides is 1. The average Bonchev–Trinajstić information content (AvgIpc) is 2.77. The Morgan fingerprint density at radius 2 is 1.68 bits per heavy atom. The van der Waals surface area contributed by atoms with Gasteiger partial charge in [-0.25, -0.2) is 0 Å². The summed E-state index contributed by atoms with van der Waals surface area (Å²) in [6.45, 7) is -2.82. The third-order valence-electron chi connectivity index (χ3n) is 4.06. The Morgan fingerprint density at radius 1 is 1.00 bits per heavy atom. The number of alkyl halides is 2. The largest absolute Gasteiger partial charge is 0.493 e. The number of hydrogen-bond acceptors (Lipinski definition) is 7. The van der Waals surface area contributed by atoms with E-state index in [9.17, 15) is 13.6 Å². The maximum absolute atomic E-state index is 12.3. The molecule has 0 fully saturated rings. The number of oxime groups is 1. The lowest BCUT2D eigenvalue weighted by Gasteiger charge is -2.10. The third kappa shape index (κ3) is 7.65. The second-order valence-electron chi connectivity index (χ2n) is 6.09. The Kier molecular flexibility index (Phi) is 9.34. The van der Waals surface area contributed by atoms with E-state index >= 15 is 0 Å². The smallest absolute Gasteiger partial charge is 0.387 e. The first-order valence-electron chi connectivity index (χ1n) is 9.22. The molecule has 0 unspecified atom stereocenters. The number of nitrogens with one attached hydrogen (secondary N) is 1. The van der Waals surface area contributed by atoms with Crippen LogP contribution in [0.15, 0.2) is 41.6 Å². The van der Waals surface area contributed by atoms with E-state index in [1.165, 1.54) is 31.5 Å². The molecule has 2 aromatic rings. The Hall–Kier alpha value is -3.56. The normalized spacial score (nSPS) is 10.8. The summed E-state index contributed by atoms with van der Waals surface area (Å²) in [7, 11) is 4.45. The Morgan fingerprint density at radius 3 is 2.35 bits per heavy atom. The molecule has 0 heterocycles. The van der Waals surface area contributed by atoms with Gasteiger partial charge in [0, 0.05) is 12.1 Å². The van der Waals surface area contributed by atoms with E-state index in [4.69, 9.17) is 19.0 Å². The van der Waals surface area contributed by atoms with Gasteiger partial charge in [0.05, 0.1) is 27.5 Å². The zero-order valence-electron chi connectivity index (χ0n) is 17.4. The monoisotopic (exact) mass is 438 g/mol. The summed E-state index contributed by atoms with van der Waals surface area (Å²) in [5.41, 5.74) is 1.50. The summed E-state index contributed by atoms with van der Waals surface area (Å²) in [6.07, 6.45) is 1.92. The number of ether oxygens (including phenoxy) is 4. The highest BCUT2D eigenvalue weighted by atomic mass is 19.3. The Labute approximate surface area is 178 Å². The van der Waals surface area contributed by atoms with Crippen LogP contribution in [0, 0.1) is 0 Å². The molecule has 0 spiro atoms. The maximum atomic E-state index is 12.3. The van der Waals surface area contributed by atoms with Crippen LogP contribution in [-0.2, 0) is 16.1 Å². The van der Waals surface area contributed by atoms with E-state index < -0.39 is 6.61 Å². The fraction of sp³-hybridized carbons (Fsp3) is 0.333. The van der Waals surface area contributed by atoms with Crippen LogP contribution in [0.2, 0.25) is 0 Å². The van der Waals surface area contributed by atoms with Crippen molar-refractivity contribution >= 4 is 12.1 Å². The van der Waals surface area contributed by atoms with Crippen molar-refractivity contribution < 1.29 is 37.4 Å². The number of carbonyl (C=O) groups is 1. The van der Waals surface area contributed by atoms with Gasteiger partial charge in [0.25, 0.3) is 5.91 Å². The summed E-state index contributed by atoms with van der Waals surface area (Å²) < 4.78 is 44.5. The van der Waals surface area contributed by atoms with Crippen LogP contribution in [0.4, 0.5) is 8.78 Å². The number of methoxy groups -OCH3 is 3. The van der Waals surface area contributed by atoms with Crippen molar-refractivity contribution in [2.75, 3.05) is 34.5 Å². The van der Waals surface area contributed by atoms with Gasteiger partial charge in [-0.3, -0.25) is 4.79 Å². The Balaban J connectivity index is 1.76. The van der Waals surface area contributed by atoms with Crippen LogP contribution < -0.4 is 24.3 Å². The first kappa shape index (κ1) is 23.7. The number of carbonyl (C=O) groups excluding carboxylic acids is 1. The first-order valence-corrected chi connectivity index (χ1v) is 9.22. The van der Waals surface area contributed by atoms with Crippen molar-refractivity contribution in [1.29, 1.82) is 0 Å². The second-order valence-corrected chi connectivity index (χ2v) is 6.09. The molecule has 0 aromatic heterocycles. The lowest BCUT2D eigenvalue weighted by atomic mass is 10.1. The highest BCUT2D eigenvalue weighted by Gasteiger charge is 2.10. The molecule has 0 aliphatic carbocycles. The van der Waals surface area contributed by atoms with Crippen LogP contribution in [0.1, 0.15) is 11.1 Å². The van der Waals surface area contributed by atoms with Gasteiger partial charge in [-0.15, -0.1) is 0 Å². The lowest BCUT2D eigenvalue weighted by molar-refractivity contribution is -0.125. The van der Waals surface area contributed by atoms with Crippen LogP contribution in [0.5, 0.6) is 23.0 Å². The fourth-order valence-electron chi connectivity index (χ4n) is 2.59. The summed E-state index contributed by atoms with van der Waals surface area (Å²) in [4.78, 5) is 16.8. The molecular formula is C21H24F2N2O6. The molecule has 0 aliphatic rings. The summed E-state index contributed by atoms with van der Waals surface area (Å²) in [6, 6.07) is 9.81. The second kappa shape index (κ2) is 12.2. The zero-order valence-corrected chi connectivity index (χ0v) is 17.4. The molecule has 168 valence electrons. The summed E-state index contributed by atoms with van der Waals surface area (Å²) >= 11 is 0. The van der Waals surface area contributed by atoms with Gasteiger partial charge in [-0.2, -0.15) is 8.78 Å². The minimum Gasteiger partial charge on any atom is -0.493 e. The molecule has 31 heavy (non-hydrogen) atoms. The number of rotatable bonds is 12. The third-order valence-corrected chi connectivity index (χ3v) is 4.06. The fourth-order valence-corrected chi connectivity index (χ4v) is 2.59. The molecule has 0 saturated carbocycles. The van der Waals surface area contributed by atoms with Crippen LogP contribution in [-0.4, -0.2) is 53.2 Å². The molecule has 0 radical (unpaired) electrons. The van der Waals surface area contributed by atoms with Gasteiger partial charge in [0.1, 0.15) is 0 Å². The molecule has 2 aromatic carbocycles. The van der Waals surface area contributed by atoms with Crippen LogP contribution in [0.25, 0.3) is 0 Å². The van der Waals surface area contributed by atoms with Crippen molar-refractivity contribution in [1.82, 2.24) is 5.32 Å². The van der Waals surface area contributed by atoms with Gasteiger partial charge < -0.3 is 29.1 Å². The zero-order chi connectivity index (χ0) is 22.6. The number of benzene rings is 2. The van der Waals surface area contributed by atoms with E-state index in [1.807, 2.05) is 12.1 Å². The lowest BCUT2D eigenvalue weighted by Crippen LogP contribution is -2.28. The predicted molar refractivity (Wildman–Crippen MR) is 109 cm³/mol. The van der Waals surface area contributed by atoms with Crippen molar-refractivity contribution in [2.45, 2.75) is 13.0 Å². The van der Waals surface area contributed by atoms with E-state index in [-0.39, 0.29) is 24.0 Å². The molecule has 2 rings (SSSR count). The SMILES string of the molecule is COc1ccc(CCNC(=O)CO/N=C/c2ccc(OC(F)F)c(OC)c2)cc1OC. The highest BCUT2D eigenvalue weighted by Crippen LogP contribution is 2.29. The van der Waals surface area contributed by atoms with Gasteiger partial charge in [-0.1, -0.05) is 11.2 Å². The molecule has 8 nitrogen and oxygen atoms in total.